The van der Waals surface area contributed by atoms with Crippen molar-refractivity contribution in [2.24, 2.45) is 0 Å². The third-order valence-electron chi connectivity index (χ3n) is 5.10. The third kappa shape index (κ3) is 4.16. The number of hydrogen-bond donors (Lipinski definition) is 2. The molecule has 2 amide bonds. The van der Waals surface area contributed by atoms with Crippen molar-refractivity contribution >= 4 is 35.0 Å². The molecule has 0 spiro atoms. The zero-order chi connectivity index (χ0) is 18.6. The lowest BCUT2D eigenvalue weighted by Crippen LogP contribution is -2.26. The van der Waals surface area contributed by atoms with Gasteiger partial charge in [0.25, 0.3) is 0 Å². The highest BCUT2D eigenvalue weighted by atomic mass is 32.2. The topological polar surface area (TPSA) is 91.0 Å². The number of para-hydroxylation sites is 2. The fourth-order valence-corrected chi connectivity index (χ4v) is 4.34. The highest BCUT2D eigenvalue weighted by molar-refractivity contribution is 7.99. The summed E-state index contributed by atoms with van der Waals surface area (Å²) >= 11 is 1.32. The second kappa shape index (κ2) is 8.12. The van der Waals surface area contributed by atoms with Gasteiger partial charge in [0.1, 0.15) is 5.82 Å². The highest BCUT2D eigenvalue weighted by Gasteiger charge is 2.24. The molecule has 1 saturated heterocycles. The number of anilines is 2. The molecule has 2 aliphatic rings. The van der Waals surface area contributed by atoms with Gasteiger partial charge in [-0.25, -0.2) is 4.98 Å². The molecule has 27 heavy (non-hydrogen) atoms. The van der Waals surface area contributed by atoms with Crippen molar-refractivity contribution in [3.05, 3.63) is 30.1 Å². The third-order valence-corrected chi connectivity index (χ3v) is 5.95. The molecule has 2 N–H and O–H groups in total. The minimum absolute atomic E-state index is 0.103. The number of rotatable bonds is 6. The Balaban J connectivity index is 1.35. The second-order valence-corrected chi connectivity index (χ2v) is 7.93. The van der Waals surface area contributed by atoms with E-state index >= 15 is 0 Å². The molecule has 8 heteroatoms. The van der Waals surface area contributed by atoms with Crippen LogP contribution in [-0.4, -0.2) is 39.3 Å². The summed E-state index contributed by atoms with van der Waals surface area (Å²) in [6, 6.07) is 7.43. The number of hydrogen-bond acceptors (Lipinski definition) is 5. The van der Waals surface area contributed by atoms with Gasteiger partial charge in [0, 0.05) is 18.9 Å². The van der Waals surface area contributed by atoms with Crippen LogP contribution in [0.25, 0.3) is 0 Å². The van der Waals surface area contributed by atoms with Crippen LogP contribution in [0.15, 0.2) is 29.4 Å². The highest BCUT2D eigenvalue weighted by Crippen LogP contribution is 2.33. The Morgan fingerprint density at radius 1 is 1.26 bits per heavy atom. The number of thioether (sulfide) groups is 1. The number of H-pyrrole nitrogens is 1. The van der Waals surface area contributed by atoms with Crippen molar-refractivity contribution in [3.8, 4) is 0 Å². The monoisotopic (exact) mass is 385 g/mol. The first-order chi connectivity index (χ1) is 13.2. The number of carbonyl (C=O) groups is 2. The van der Waals surface area contributed by atoms with E-state index in [0.717, 1.165) is 30.8 Å². The lowest BCUT2D eigenvalue weighted by atomic mass is 10.1. The minimum atomic E-state index is -0.133. The summed E-state index contributed by atoms with van der Waals surface area (Å²) in [7, 11) is 0. The van der Waals surface area contributed by atoms with Gasteiger partial charge in [-0.15, -0.1) is 5.10 Å². The lowest BCUT2D eigenvalue weighted by molar-refractivity contribution is -0.117. The molecule has 0 bridgehead atoms. The molecular weight excluding hydrogens is 362 g/mol. The number of amides is 2. The molecule has 0 atom stereocenters. The summed E-state index contributed by atoms with van der Waals surface area (Å²) in [5, 5.41) is 10.8. The smallest absolute Gasteiger partial charge is 0.234 e. The van der Waals surface area contributed by atoms with Crippen LogP contribution in [0.2, 0.25) is 0 Å². The first kappa shape index (κ1) is 18.0. The minimum Gasteiger partial charge on any atom is -0.324 e. The van der Waals surface area contributed by atoms with Crippen molar-refractivity contribution < 1.29 is 9.59 Å². The first-order valence-corrected chi connectivity index (χ1v) is 10.4. The summed E-state index contributed by atoms with van der Waals surface area (Å²) in [4.78, 5) is 30.7. The Labute approximate surface area is 162 Å². The van der Waals surface area contributed by atoms with E-state index in [1.807, 2.05) is 24.3 Å². The number of nitrogens with one attached hydrogen (secondary N) is 2. The zero-order valence-electron chi connectivity index (χ0n) is 15.1. The molecule has 1 aliphatic carbocycles. The van der Waals surface area contributed by atoms with Gasteiger partial charge < -0.3 is 10.2 Å². The van der Waals surface area contributed by atoms with Crippen molar-refractivity contribution in [1.29, 1.82) is 0 Å². The van der Waals surface area contributed by atoms with Crippen molar-refractivity contribution in [1.82, 2.24) is 15.2 Å². The van der Waals surface area contributed by atoms with Crippen LogP contribution in [0.5, 0.6) is 0 Å². The van der Waals surface area contributed by atoms with Gasteiger partial charge in [-0.1, -0.05) is 36.7 Å². The summed E-state index contributed by atoms with van der Waals surface area (Å²) in [5.41, 5.74) is 1.43. The lowest BCUT2D eigenvalue weighted by Gasteiger charge is -2.19. The number of aromatic amines is 1. The zero-order valence-corrected chi connectivity index (χ0v) is 15.9. The van der Waals surface area contributed by atoms with E-state index in [2.05, 4.69) is 20.5 Å². The van der Waals surface area contributed by atoms with Gasteiger partial charge in [-0.05, 0) is 31.4 Å². The number of aromatic nitrogens is 3. The molecule has 1 aromatic heterocycles. The van der Waals surface area contributed by atoms with Crippen LogP contribution in [0.4, 0.5) is 11.4 Å². The molecular formula is C19H23N5O2S. The van der Waals surface area contributed by atoms with Gasteiger partial charge in [-0.2, -0.15) is 0 Å². The standard InChI is InChI=1S/C19H23N5O2S/c25-16(12-27-19-21-18(22-23-19)13-6-1-2-7-13)20-14-8-3-4-9-15(14)24-11-5-10-17(24)26/h3-4,8-9,13H,1-2,5-7,10-12H2,(H,20,25)(H,21,22,23). The average molecular weight is 385 g/mol. The normalized spacial score (nSPS) is 17.6. The van der Waals surface area contributed by atoms with Crippen molar-refractivity contribution in [2.75, 3.05) is 22.5 Å². The number of nitrogens with zero attached hydrogens (tertiary/aromatic N) is 3. The summed E-state index contributed by atoms with van der Waals surface area (Å²) < 4.78 is 0. The van der Waals surface area contributed by atoms with Gasteiger partial charge in [0.15, 0.2) is 0 Å². The Kier molecular flexibility index (Phi) is 5.42. The fraction of sp³-hybridized carbons (Fsp3) is 0.474. The van der Waals surface area contributed by atoms with E-state index in [1.54, 1.807) is 4.90 Å². The molecule has 2 fully saturated rings. The molecule has 2 aromatic rings. The maximum atomic E-state index is 12.4. The Morgan fingerprint density at radius 2 is 2.07 bits per heavy atom. The van der Waals surface area contributed by atoms with E-state index in [-0.39, 0.29) is 17.6 Å². The quantitative estimate of drug-likeness (QED) is 0.745. The number of benzene rings is 1. The summed E-state index contributed by atoms with van der Waals surface area (Å²) in [5.74, 6) is 1.61. The molecule has 7 nitrogen and oxygen atoms in total. The average Bonchev–Trinajstić information content (AvgIpc) is 3.42. The van der Waals surface area contributed by atoms with E-state index in [1.165, 1.54) is 24.6 Å². The van der Waals surface area contributed by atoms with Crippen LogP contribution < -0.4 is 10.2 Å². The van der Waals surface area contributed by atoms with E-state index < -0.39 is 0 Å². The second-order valence-electron chi connectivity index (χ2n) is 6.99. The molecule has 0 unspecified atom stereocenters. The SMILES string of the molecule is O=C(CSc1n[nH]c(C2CCCC2)n1)Nc1ccccc1N1CCCC1=O. The molecule has 142 valence electrons. The Bertz CT molecular complexity index is 831. The predicted molar refractivity (Wildman–Crippen MR) is 105 cm³/mol. The van der Waals surface area contributed by atoms with Gasteiger partial charge >= 0.3 is 0 Å². The molecule has 0 radical (unpaired) electrons. The Morgan fingerprint density at radius 3 is 2.85 bits per heavy atom. The summed E-state index contributed by atoms with van der Waals surface area (Å²) in [6.45, 7) is 0.696. The van der Waals surface area contributed by atoms with E-state index in [9.17, 15) is 9.59 Å². The largest absolute Gasteiger partial charge is 0.324 e. The van der Waals surface area contributed by atoms with E-state index in [0.29, 0.717) is 29.7 Å². The maximum absolute atomic E-state index is 12.4. The van der Waals surface area contributed by atoms with Crippen molar-refractivity contribution in [2.45, 2.75) is 49.6 Å². The van der Waals surface area contributed by atoms with Crippen LogP contribution in [0.1, 0.15) is 50.3 Å². The van der Waals surface area contributed by atoms with Crippen LogP contribution >= 0.6 is 11.8 Å². The molecule has 2 heterocycles. The van der Waals surface area contributed by atoms with Crippen LogP contribution in [0.3, 0.4) is 0 Å². The van der Waals surface area contributed by atoms with Crippen LogP contribution in [-0.2, 0) is 9.59 Å². The predicted octanol–water partition coefficient (Wildman–Crippen LogP) is 3.32. The molecule has 1 aromatic carbocycles. The maximum Gasteiger partial charge on any atom is 0.234 e. The molecule has 1 aliphatic heterocycles. The van der Waals surface area contributed by atoms with Crippen LogP contribution in [0, 0.1) is 0 Å². The molecule has 4 rings (SSSR count). The van der Waals surface area contributed by atoms with Gasteiger partial charge in [-0.3, -0.25) is 14.7 Å². The van der Waals surface area contributed by atoms with Gasteiger partial charge in [0.05, 0.1) is 17.1 Å². The Hall–Kier alpha value is -2.35. The van der Waals surface area contributed by atoms with E-state index in [4.69, 9.17) is 0 Å². The summed E-state index contributed by atoms with van der Waals surface area (Å²) in [6.07, 6.45) is 6.22. The van der Waals surface area contributed by atoms with Gasteiger partial charge in [0.2, 0.25) is 17.0 Å². The number of carbonyl (C=O) groups excluding carboxylic acids is 2. The molecule has 1 saturated carbocycles. The first-order valence-electron chi connectivity index (χ1n) is 9.45. The van der Waals surface area contributed by atoms with Crippen molar-refractivity contribution in [3.63, 3.8) is 0 Å². The fourth-order valence-electron chi connectivity index (χ4n) is 3.74.